The number of hydrogen-bond acceptors (Lipinski definition) is 0. The van der Waals surface area contributed by atoms with Crippen molar-refractivity contribution < 1.29 is 26.3 Å². The Balaban J connectivity index is 3.28. The quantitative estimate of drug-likeness (QED) is 0.481. The van der Waals surface area contributed by atoms with Gasteiger partial charge in [0.1, 0.15) is 0 Å². The molecule has 1 rings (SSSR count). The zero-order valence-electron chi connectivity index (χ0n) is 8.86. The van der Waals surface area contributed by atoms with Crippen LogP contribution < -0.4 is 0 Å². The van der Waals surface area contributed by atoms with Gasteiger partial charge in [0.2, 0.25) is 0 Å². The standard InChI is InChI=1S/C11H10F6/c1-3-7-5-9(11(15,16)17)8(4-6(7)2)10(12,13)14/h3-7H,1H2,2H3. The molecule has 0 aliphatic heterocycles. The second-order valence-corrected chi connectivity index (χ2v) is 3.83. The van der Waals surface area contributed by atoms with Crippen LogP contribution in [0.1, 0.15) is 6.92 Å². The van der Waals surface area contributed by atoms with E-state index in [1.165, 1.54) is 13.0 Å². The Morgan fingerprint density at radius 1 is 1.00 bits per heavy atom. The minimum atomic E-state index is -5.01. The predicted molar refractivity (Wildman–Crippen MR) is 51.1 cm³/mol. The number of allylic oxidation sites excluding steroid dienone is 5. The van der Waals surface area contributed by atoms with Crippen molar-refractivity contribution in [1.29, 1.82) is 0 Å². The van der Waals surface area contributed by atoms with E-state index in [2.05, 4.69) is 6.58 Å². The van der Waals surface area contributed by atoms with Crippen LogP contribution in [-0.4, -0.2) is 12.4 Å². The Kier molecular flexibility index (Phi) is 3.45. The van der Waals surface area contributed by atoms with Crippen LogP contribution in [0.2, 0.25) is 0 Å². The number of alkyl halides is 6. The van der Waals surface area contributed by atoms with E-state index >= 15 is 0 Å². The van der Waals surface area contributed by atoms with Crippen molar-refractivity contribution in [3.05, 3.63) is 36.0 Å². The maximum Gasteiger partial charge on any atom is 0.416 e. The third-order valence-electron chi connectivity index (χ3n) is 2.57. The smallest absolute Gasteiger partial charge is 0.166 e. The van der Waals surface area contributed by atoms with Crippen molar-refractivity contribution in [3.63, 3.8) is 0 Å². The van der Waals surface area contributed by atoms with E-state index in [1.54, 1.807) is 0 Å². The fourth-order valence-electron chi connectivity index (χ4n) is 1.67. The van der Waals surface area contributed by atoms with E-state index in [0.717, 1.165) is 0 Å². The van der Waals surface area contributed by atoms with Gasteiger partial charge in [0, 0.05) is 5.92 Å². The maximum atomic E-state index is 12.5. The molecular formula is C11H10F6. The van der Waals surface area contributed by atoms with Crippen molar-refractivity contribution in [2.45, 2.75) is 19.3 Å². The molecular weight excluding hydrogens is 246 g/mol. The molecule has 0 aromatic heterocycles. The van der Waals surface area contributed by atoms with Crippen LogP contribution >= 0.6 is 0 Å². The minimum Gasteiger partial charge on any atom is -0.166 e. The Morgan fingerprint density at radius 2 is 1.41 bits per heavy atom. The molecule has 0 amide bonds. The van der Waals surface area contributed by atoms with Gasteiger partial charge in [-0.15, -0.1) is 6.58 Å². The van der Waals surface area contributed by atoms with Crippen LogP contribution in [0.4, 0.5) is 26.3 Å². The van der Waals surface area contributed by atoms with Gasteiger partial charge in [0.05, 0.1) is 11.1 Å². The first-order valence-corrected chi connectivity index (χ1v) is 4.78. The van der Waals surface area contributed by atoms with E-state index in [9.17, 15) is 26.3 Å². The molecule has 0 fully saturated rings. The fourth-order valence-corrected chi connectivity index (χ4v) is 1.67. The average Bonchev–Trinajstić information content (AvgIpc) is 2.14. The Bertz CT molecular complexity index is 368. The molecule has 0 saturated carbocycles. The van der Waals surface area contributed by atoms with E-state index in [1.807, 2.05) is 0 Å². The summed E-state index contributed by atoms with van der Waals surface area (Å²) in [6.07, 6.45) is -7.61. The molecule has 96 valence electrons. The highest BCUT2D eigenvalue weighted by Gasteiger charge is 2.48. The van der Waals surface area contributed by atoms with Gasteiger partial charge in [-0.1, -0.05) is 25.2 Å². The second-order valence-electron chi connectivity index (χ2n) is 3.83. The first-order valence-electron chi connectivity index (χ1n) is 4.78. The summed E-state index contributed by atoms with van der Waals surface area (Å²) < 4.78 is 75.0. The molecule has 17 heavy (non-hydrogen) atoms. The van der Waals surface area contributed by atoms with Gasteiger partial charge >= 0.3 is 12.4 Å². The lowest BCUT2D eigenvalue weighted by atomic mass is 9.82. The Hall–Kier alpha value is -1.20. The number of rotatable bonds is 1. The van der Waals surface area contributed by atoms with Gasteiger partial charge in [-0.25, -0.2) is 0 Å². The summed E-state index contributed by atoms with van der Waals surface area (Å²) in [6.45, 7) is 4.73. The first-order chi connectivity index (χ1) is 7.57. The summed E-state index contributed by atoms with van der Waals surface area (Å²) in [4.78, 5) is 0. The van der Waals surface area contributed by atoms with E-state index in [0.29, 0.717) is 12.2 Å². The lowest BCUT2D eigenvalue weighted by molar-refractivity contribution is -0.119. The van der Waals surface area contributed by atoms with Crippen molar-refractivity contribution >= 4 is 0 Å². The highest BCUT2D eigenvalue weighted by atomic mass is 19.4. The molecule has 6 heteroatoms. The van der Waals surface area contributed by atoms with Crippen LogP contribution in [0.5, 0.6) is 0 Å². The Labute approximate surface area is 94.3 Å². The van der Waals surface area contributed by atoms with E-state index in [-0.39, 0.29) is 0 Å². The monoisotopic (exact) mass is 256 g/mol. The van der Waals surface area contributed by atoms with Crippen LogP contribution in [0.3, 0.4) is 0 Å². The number of hydrogen-bond donors (Lipinski definition) is 0. The van der Waals surface area contributed by atoms with E-state index in [4.69, 9.17) is 0 Å². The van der Waals surface area contributed by atoms with Gasteiger partial charge in [0.25, 0.3) is 0 Å². The zero-order chi connectivity index (χ0) is 13.4. The normalized spacial score (nSPS) is 26.3. The Morgan fingerprint density at radius 3 is 1.76 bits per heavy atom. The molecule has 0 heterocycles. The molecule has 2 atom stereocenters. The topological polar surface area (TPSA) is 0 Å². The van der Waals surface area contributed by atoms with Crippen LogP contribution in [0.25, 0.3) is 0 Å². The molecule has 0 aromatic rings. The molecule has 0 bridgehead atoms. The van der Waals surface area contributed by atoms with Gasteiger partial charge in [-0.05, 0) is 5.92 Å². The highest BCUT2D eigenvalue weighted by molar-refractivity contribution is 5.43. The SMILES string of the molecule is C=CC1C=C(C(F)(F)F)C(C(F)(F)F)=CC1C. The molecule has 0 nitrogen and oxygen atoms in total. The van der Waals surface area contributed by atoms with Crippen LogP contribution in [0.15, 0.2) is 36.0 Å². The highest BCUT2D eigenvalue weighted by Crippen LogP contribution is 2.44. The lowest BCUT2D eigenvalue weighted by Crippen LogP contribution is -2.28. The predicted octanol–water partition coefficient (Wildman–Crippen LogP) is 4.42. The molecule has 0 aromatic carbocycles. The summed E-state index contributed by atoms with van der Waals surface area (Å²) in [5.74, 6) is -1.40. The summed E-state index contributed by atoms with van der Waals surface area (Å²) in [5, 5.41) is 0. The number of halogens is 6. The van der Waals surface area contributed by atoms with Gasteiger partial charge < -0.3 is 0 Å². The molecule has 1 aliphatic carbocycles. The summed E-state index contributed by atoms with van der Waals surface area (Å²) in [7, 11) is 0. The van der Waals surface area contributed by atoms with Crippen LogP contribution in [-0.2, 0) is 0 Å². The van der Waals surface area contributed by atoms with E-state index < -0.39 is 35.3 Å². The van der Waals surface area contributed by atoms with Crippen molar-refractivity contribution in [2.75, 3.05) is 0 Å². The van der Waals surface area contributed by atoms with Gasteiger partial charge in [0.15, 0.2) is 0 Å². The largest absolute Gasteiger partial charge is 0.416 e. The van der Waals surface area contributed by atoms with Gasteiger partial charge in [-0.3, -0.25) is 0 Å². The summed E-state index contributed by atoms with van der Waals surface area (Å²) in [5.41, 5.74) is -3.25. The van der Waals surface area contributed by atoms with Gasteiger partial charge in [-0.2, -0.15) is 26.3 Å². The van der Waals surface area contributed by atoms with Crippen molar-refractivity contribution in [2.24, 2.45) is 11.8 Å². The fraction of sp³-hybridized carbons (Fsp3) is 0.455. The van der Waals surface area contributed by atoms with Crippen molar-refractivity contribution in [1.82, 2.24) is 0 Å². The third-order valence-corrected chi connectivity index (χ3v) is 2.57. The summed E-state index contributed by atoms with van der Waals surface area (Å²) in [6, 6.07) is 0. The molecule has 1 aliphatic rings. The van der Waals surface area contributed by atoms with Crippen molar-refractivity contribution in [3.8, 4) is 0 Å². The molecule has 0 radical (unpaired) electrons. The average molecular weight is 256 g/mol. The second kappa shape index (κ2) is 4.23. The molecule has 0 spiro atoms. The lowest BCUT2D eigenvalue weighted by Gasteiger charge is -2.27. The minimum absolute atomic E-state index is 0.584. The molecule has 2 unspecified atom stereocenters. The molecule has 0 saturated heterocycles. The third kappa shape index (κ3) is 2.92. The summed E-state index contributed by atoms with van der Waals surface area (Å²) >= 11 is 0. The zero-order valence-corrected chi connectivity index (χ0v) is 8.86. The van der Waals surface area contributed by atoms with Crippen LogP contribution in [0, 0.1) is 11.8 Å². The first kappa shape index (κ1) is 13.9. The molecule has 0 N–H and O–H groups in total. The maximum absolute atomic E-state index is 12.5.